The minimum absolute atomic E-state index is 0.263. The number of aromatic nitrogens is 1. The van der Waals surface area contributed by atoms with Gasteiger partial charge in [0, 0.05) is 31.3 Å². The van der Waals surface area contributed by atoms with Gasteiger partial charge in [-0.05, 0) is 49.8 Å². The van der Waals surface area contributed by atoms with Crippen molar-refractivity contribution < 1.29 is 9.13 Å². The molecule has 3 heterocycles. The molecular weight excluding hydrogens is 315 g/mol. The van der Waals surface area contributed by atoms with Crippen LogP contribution in [0.4, 0.5) is 10.1 Å². The molecule has 2 aliphatic heterocycles. The second-order valence-electron chi connectivity index (χ2n) is 6.46. The van der Waals surface area contributed by atoms with Crippen molar-refractivity contribution in [2.75, 3.05) is 24.6 Å². The monoisotopic (exact) mass is 334 g/mol. The van der Waals surface area contributed by atoms with Crippen LogP contribution < -0.4 is 4.90 Å². The molecule has 2 aliphatic rings. The highest BCUT2D eigenvalue weighted by molar-refractivity contribution is 6.35. The third kappa shape index (κ3) is 2.79. The summed E-state index contributed by atoms with van der Waals surface area (Å²) in [5.41, 5.74) is 0.995. The van der Waals surface area contributed by atoms with Gasteiger partial charge in [0.05, 0.1) is 16.8 Å². The highest BCUT2D eigenvalue weighted by atomic mass is 35.5. The summed E-state index contributed by atoms with van der Waals surface area (Å²) in [5.74, 6) is 0.352. The van der Waals surface area contributed by atoms with Crippen LogP contribution in [0.1, 0.15) is 25.7 Å². The molecule has 1 aromatic heterocycles. The van der Waals surface area contributed by atoms with Crippen molar-refractivity contribution in [1.29, 1.82) is 0 Å². The van der Waals surface area contributed by atoms with E-state index in [0.29, 0.717) is 33.6 Å². The molecule has 1 aromatic carbocycles. The first-order chi connectivity index (χ1) is 11.2. The zero-order chi connectivity index (χ0) is 15.8. The summed E-state index contributed by atoms with van der Waals surface area (Å²) in [6.07, 6.45) is 6.45. The second kappa shape index (κ2) is 6.25. The van der Waals surface area contributed by atoms with E-state index in [1.165, 1.54) is 12.8 Å². The first kappa shape index (κ1) is 15.2. The summed E-state index contributed by atoms with van der Waals surface area (Å²) in [6.45, 7) is 2.64. The average molecular weight is 335 g/mol. The van der Waals surface area contributed by atoms with Gasteiger partial charge < -0.3 is 9.64 Å². The largest absolute Gasteiger partial charge is 0.378 e. The van der Waals surface area contributed by atoms with Gasteiger partial charge in [0.2, 0.25) is 0 Å². The number of ether oxygens (including phenoxy) is 1. The van der Waals surface area contributed by atoms with E-state index in [9.17, 15) is 4.39 Å². The minimum atomic E-state index is -0.263. The number of fused-ring (bicyclic) bond motifs is 1. The number of hydrogen-bond acceptors (Lipinski definition) is 3. The van der Waals surface area contributed by atoms with E-state index in [1.807, 2.05) is 12.1 Å². The Morgan fingerprint density at radius 2 is 2.00 bits per heavy atom. The SMILES string of the molecule is Fc1c(N2CCC(C3CCCO3)CC2)ccc2c(Cl)ccnc12. The van der Waals surface area contributed by atoms with Crippen molar-refractivity contribution in [3.8, 4) is 0 Å². The molecule has 0 spiro atoms. The topological polar surface area (TPSA) is 25.4 Å². The predicted molar refractivity (Wildman–Crippen MR) is 90.6 cm³/mol. The van der Waals surface area contributed by atoms with Crippen LogP contribution in [-0.2, 0) is 4.74 Å². The van der Waals surface area contributed by atoms with Crippen molar-refractivity contribution in [2.45, 2.75) is 31.8 Å². The second-order valence-corrected chi connectivity index (χ2v) is 6.87. The van der Waals surface area contributed by atoms with E-state index in [4.69, 9.17) is 16.3 Å². The summed E-state index contributed by atoms with van der Waals surface area (Å²) in [4.78, 5) is 6.30. The molecule has 122 valence electrons. The number of hydrogen-bond donors (Lipinski definition) is 0. The van der Waals surface area contributed by atoms with Gasteiger partial charge in [-0.3, -0.25) is 4.98 Å². The molecule has 2 aromatic rings. The van der Waals surface area contributed by atoms with Crippen LogP contribution in [0.5, 0.6) is 0 Å². The normalized spacial score (nSPS) is 22.9. The first-order valence-corrected chi connectivity index (χ1v) is 8.71. The Hall–Kier alpha value is -1.39. The third-order valence-corrected chi connectivity index (χ3v) is 5.48. The molecule has 1 atom stereocenters. The molecule has 4 rings (SSSR count). The molecule has 0 N–H and O–H groups in total. The van der Waals surface area contributed by atoms with Crippen LogP contribution in [0.3, 0.4) is 0 Å². The fourth-order valence-electron chi connectivity index (χ4n) is 3.87. The minimum Gasteiger partial charge on any atom is -0.378 e. The van der Waals surface area contributed by atoms with Gasteiger partial charge in [-0.1, -0.05) is 11.6 Å². The van der Waals surface area contributed by atoms with Gasteiger partial charge in [-0.2, -0.15) is 0 Å². The average Bonchev–Trinajstić information content (AvgIpc) is 3.11. The Labute approximate surface area is 140 Å². The van der Waals surface area contributed by atoms with Gasteiger partial charge in [-0.15, -0.1) is 0 Å². The molecule has 5 heteroatoms. The van der Waals surface area contributed by atoms with Crippen LogP contribution in [0.15, 0.2) is 24.4 Å². The number of benzene rings is 1. The standard InChI is InChI=1S/C18H20ClFN2O/c19-14-5-8-21-18-13(14)3-4-15(17(18)20)22-9-6-12(7-10-22)16-2-1-11-23-16/h3-5,8,12,16H,1-2,6-7,9-11H2. The zero-order valence-electron chi connectivity index (χ0n) is 13.0. The van der Waals surface area contributed by atoms with E-state index in [0.717, 1.165) is 32.5 Å². The molecule has 3 nitrogen and oxygen atoms in total. The van der Waals surface area contributed by atoms with Crippen molar-refractivity contribution >= 4 is 28.2 Å². The molecule has 0 aliphatic carbocycles. The molecular formula is C18H20ClFN2O. The van der Waals surface area contributed by atoms with Crippen LogP contribution in [0.25, 0.3) is 10.9 Å². The Morgan fingerprint density at radius 1 is 1.17 bits per heavy atom. The summed E-state index contributed by atoms with van der Waals surface area (Å²) in [6, 6.07) is 5.39. The zero-order valence-corrected chi connectivity index (χ0v) is 13.7. The fraction of sp³-hybridized carbons (Fsp3) is 0.500. The lowest BCUT2D eigenvalue weighted by Crippen LogP contribution is -2.38. The van der Waals surface area contributed by atoms with Gasteiger partial charge >= 0.3 is 0 Å². The summed E-state index contributed by atoms with van der Waals surface area (Å²) in [5, 5.41) is 1.21. The van der Waals surface area contributed by atoms with Crippen LogP contribution in [0, 0.1) is 11.7 Å². The van der Waals surface area contributed by atoms with Gasteiger partial charge in [0.1, 0.15) is 5.52 Å². The number of pyridine rings is 1. The Morgan fingerprint density at radius 3 is 2.74 bits per heavy atom. The smallest absolute Gasteiger partial charge is 0.172 e. The summed E-state index contributed by atoms with van der Waals surface area (Å²) < 4.78 is 20.7. The number of anilines is 1. The van der Waals surface area contributed by atoms with Crippen molar-refractivity contribution in [3.05, 3.63) is 35.2 Å². The molecule has 1 unspecified atom stereocenters. The van der Waals surface area contributed by atoms with Crippen LogP contribution in [0.2, 0.25) is 5.02 Å². The van der Waals surface area contributed by atoms with Crippen molar-refractivity contribution in [2.24, 2.45) is 5.92 Å². The molecule has 0 amide bonds. The maximum atomic E-state index is 14.8. The predicted octanol–water partition coefficient (Wildman–Crippen LogP) is 4.42. The lowest BCUT2D eigenvalue weighted by molar-refractivity contribution is 0.0531. The Balaban J connectivity index is 1.55. The Kier molecular flexibility index (Phi) is 4.12. The maximum Gasteiger partial charge on any atom is 0.172 e. The van der Waals surface area contributed by atoms with E-state index in [1.54, 1.807) is 12.3 Å². The maximum absolute atomic E-state index is 14.8. The van der Waals surface area contributed by atoms with Crippen molar-refractivity contribution in [3.63, 3.8) is 0 Å². The van der Waals surface area contributed by atoms with Gasteiger partial charge in [0.15, 0.2) is 5.82 Å². The first-order valence-electron chi connectivity index (χ1n) is 8.33. The van der Waals surface area contributed by atoms with E-state index in [-0.39, 0.29) is 5.82 Å². The molecule has 2 saturated heterocycles. The summed E-state index contributed by atoms with van der Waals surface area (Å²) >= 11 is 6.12. The lowest BCUT2D eigenvalue weighted by atomic mass is 9.89. The molecule has 23 heavy (non-hydrogen) atoms. The highest BCUT2D eigenvalue weighted by Crippen LogP contribution is 2.34. The highest BCUT2D eigenvalue weighted by Gasteiger charge is 2.30. The quantitative estimate of drug-likeness (QED) is 0.812. The van der Waals surface area contributed by atoms with Crippen LogP contribution in [-0.4, -0.2) is 30.8 Å². The Bertz CT molecular complexity index is 709. The molecule has 0 radical (unpaired) electrons. The molecule has 0 bridgehead atoms. The van der Waals surface area contributed by atoms with E-state index in [2.05, 4.69) is 9.88 Å². The van der Waals surface area contributed by atoms with Crippen LogP contribution >= 0.6 is 11.6 Å². The number of piperidine rings is 1. The van der Waals surface area contributed by atoms with Crippen molar-refractivity contribution in [1.82, 2.24) is 4.98 Å². The fourth-order valence-corrected chi connectivity index (χ4v) is 4.08. The number of nitrogens with zero attached hydrogens (tertiary/aromatic N) is 2. The van der Waals surface area contributed by atoms with Gasteiger partial charge in [-0.25, -0.2) is 4.39 Å². The lowest BCUT2D eigenvalue weighted by Gasteiger charge is -2.36. The molecule has 0 saturated carbocycles. The summed E-state index contributed by atoms with van der Waals surface area (Å²) in [7, 11) is 0. The number of rotatable bonds is 2. The van der Waals surface area contributed by atoms with Gasteiger partial charge in [0.25, 0.3) is 0 Å². The third-order valence-electron chi connectivity index (χ3n) is 5.15. The number of halogens is 2. The van der Waals surface area contributed by atoms with E-state index >= 15 is 0 Å². The molecule has 2 fully saturated rings. The van der Waals surface area contributed by atoms with E-state index < -0.39 is 0 Å².